The van der Waals surface area contributed by atoms with Crippen LogP contribution < -0.4 is 5.31 Å². The summed E-state index contributed by atoms with van der Waals surface area (Å²) < 4.78 is 12.7. The third-order valence-corrected chi connectivity index (χ3v) is 0. The predicted molar refractivity (Wildman–Crippen MR) is 34.1 cm³/mol. The van der Waals surface area contributed by atoms with Gasteiger partial charge in [0.15, 0.2) is 1.41 Å². The van der Waals surface area contributed by atoms with Crippen LogP contribution in [0.4, 0.5) is 0 Å². The third-order valence-electron chi connectivity index (χ3n) is 0. The van der Waals surface area contributed by atoms with Crippen molar-refractivity contribution in [2.24, 2.45) is 0 Å². The highest BCUT2D eigenvalue weighted by Crippen LogP contribution is 1.52. The third kappa shape index (κ3) is 542. The Kier molecular flexibility index (Phi) is 6.26. The van der Waals surface area contributed by atoms with E-state index in [1.807, 2.05) is 0 Å². The minimum absolute atomic E-state index is 0.796. The van der Waals surface area contributed by atoms with Crippen molar-refractivity contribution in [1.82, 2.24) is 5.31 Å². The molecule has 0 spiro atoms. The van der Waals surface area contributed by atoms with Gasteiger partial charge in [-0.15, -0.1) is 0 Å². The lowest BCUT2D eigenvalue weighted by molar-refractivity contribution is 1.02. The summed E-state index contributed by atoms with van der Waals surface area (Å²) >= 11 is 0. The van der Waals surface area contributed by atoms with Gasteiger partial charge >= 0.3 is 0 Å². The summed E-state index contributed by atoms with van der Waals surface area (Å²) in [6.45, 7) is 3.57. The van der Waals surface area contributed by atoms with Gasteiger partial charge in [0.25, 0.3) is 0 Å². The fourth-order valence-electron chi connectivity index (χ4n) is 0. The van der Waals surface area contributed by atoms with Gasteiger partial charge in [0.2, 0.25) is 0 Å². The zero-order valence-corrected chi connectivity index (χ0v) is 5.39. The molecule has 0 aromatic heterocycles. The van der Waals surface area contributed by atoms with E-state index in [4.69, 9.17) is 2.82 Å². The van der Waals surface area contributed by atoms with Crippen molar-refractivity contribution >= 4 is 5.71 Å². The molecule has 0 rings (SSSR count). The Bertz CT molecular complexity index is 74.3. The Balaban J connectivity index is 0. The van der Waals surface area contributed by atoms with Gasteiger partial charge in [-0.1, -0.05) is 0 Å². The summed E-state index contributed by atoms with van der Waals surface area (Å²) in [6, 6.07) is 0. The molecule has 0 bridgehead atoms. The summed E-state index contributed by atoms with van der Waals surface area (Å²) in [7, 11) is 3.33. The standard InChI is InChI=1S/C3H7N.C2H7N/c1-3(2)4;1-3-2/h4H,1-2H3;3H,1-2H3/i/hD2. The van der Waals surface area contributed by atoms with E-state index in [9.17, 15) is 0 Å². The summed E-state index contributed by atoms with van der Waals surface area (Å²) in [6.07, 6.45) is 0. The van der Waals surface area contributed by atoms with Crippen LogP contribution in [0.3, 0.4) is 0 Å². The second-order valence-electron chi connectivity index (χ2n) is 1.39. The second kappa shape index (κ2) is 9.16. The molecule has 0 heterocycles. The van der Waals surface area contributed by atoms with Crippen LogP contribution in [0.5, 0.6) is 0 Å². The Morgan fingerprint density at radius 3 is 1.86 bits per heavy atom. The summed E-state index contributed by atoms with van der Waals surface area (Å²) in [5, 5.41) is 4.31. The molecule has 44 valence electrons. The molecule has 0 aromatic carbocycles. The molecule has 2 heteroatoms. The van der Waals surface area contributed by atoms with Gasteiger partial charge in [-0.3, -0.25) is 0 Å². The minimum Gasteiger partial charge on any atom is -0.323 e. The van der Waals surface area contributed by atoms with E-state index in [-0.39, 0.29) is 0 Å². The van der Waals surface area contributed by atoms with E-state index in [0.717, 1.165) is 5.71 Å². The first-order valence-electron chi connectivity index (χ1n) is 3.01. The molecule has 0 aromatic rings. The average Bonchev–Trinajstić information content (AvgIpc) is 1.65. The molecule has 0 atom stereocenters. The first-order chi connectivity index (χ1) is 4.00. The van der Waals surface area contributed by atoms with Gasteiger partial charge < -0.3 is 10.7 Å². The Morgan fingerprint density at radius 2 is 1.86 bits per heavy atom. The monoisotopic (exact) mass is 104 g/mol. The maximum atomic E-state index is 6.42. The van der Waals surface area contributed by atoms with Gasteiger partial charge in [-0.25, -0.2) is 0 Å². The van der Waals surface area contributed by atoms with Crippen LogP contribution in [0.25, 0.3) is 0 Å². The molecule has 0 aliphatic rings. The average molecular weight is 104 g/mol. The lowest BCUT2D eigenvalue weighted by Crippen LogP contribution is -1.89. The fraction of sp³-hybridized carbons (Fsp3) is 0.800. The molecule has 0 aliphatic heterocycles. The van der Waals surface area contributed by atoms with Crippen molar-refractivity contribution in [3.8, 4) is 0 Å². The molecule has 0 aliphatic carbocycles. The lowest BCUT2D eigenvalue weighted by atomic mass is 10.5. The molecule has 2 nitrogen and oxygen atoms in total. The van der Waals surface area contributed by atoms with Crippen LogP contribution >= 0.6 is 0 Å². The zero-order valence-electron chi connectivity index (χ0n) is 7.39. The van der Waals surface area contributed by atoms with Gasteiger partial charge in [0, 0.05) is 5.71 Å². The van der Waals surface area contributed by atoms with E-state index >= 15 is 0 Å². The molecule has 0 amide bonds. The van der Waals surface area contributed by atoms with Gasteiger partial charge in [0.1, 0.15) is 1.41 Å². The molecule has 0 radical (unpaired) electrons. The lowest BCUT2D eigenvalue weighted by Gasteiger charge is -1.63. The summed E-state index contributed by atoms with van der Waals surface area (Å²) in [4.78, 5) is 0. The topological polar surface area (TPSA) is 35.9 Å². The molecule has 7 heavy (non-hydrogen) atoms. The van der Waals surface area contributed by atoms with E-state index in [2.05, 4.69) is 5.40 Å². The summed E-state index contributed by atoms with van der Waals surface area (Å²) in [5.74, 6) is 0. The van der Waals surface area contributed by atoms with Gasteiger partial charge in [-0.05, 0) is 27.9 Å². The Morgan fingerprint density at radius 1 is 1.71 bits per heavy atom. The number of hydrogen-bond acceptors (Lipinski definition) is 2. The van der Waals surface area contributed by atoms with Crippen molar-refractivity contribution in [2.45, 2.75) is 13.8 Å². The van der Waals surface area contributed by atoms with Crippen molar-refractivity contribution < 1.29 is 2.82 Å². The van der Waals surface area contributed by atoms with Gasteiger partial charge in [-0.2, -0.15) is 0 Å². The normalized spacial score (nSPS) is 10.4. The smallest absolute Gasteiger partial charge is 0.187 e. The first-order valence-corrected chi connectivity index (χ1v) is 2.12. The van der Waals surface area contributed by atoms with E-state index in [0.29, 0.717) is 0 Å². The quantitative estimate of drug-likeness (QED) is 0.440. The van der Waals surface area contributed by atoms with E-state index < -0.39 is 0 Å². The second-order valence-corrected chi connectivity index (χ2v) is 1.39. The van der Waals surface area contributed by atoms with E-state index in [1.165, 1.54) is 5.31 Å². The summed E-state index contributed by atoms with van der Waals surface area (Å²) in [5.41, 5.74) is 0.796. The molecule has 2 N–H and O–H groups in total. The Hall–Kier alpha value is -0.370. The van der Waals surface area contributed by atoms with E-state index in [1.54, 1.807) is 27.9 Å². The van der Waals surface area contributed by atoms with Crippen LogP contribution in [0, 0.1) is 5.40 Å². The Labute approximate surface area is 48.4 Å². The largest absolute Gasteiger partial charge is 0.323 e. The molecule has 0 saturated heterocycles. The number of hydrogen-bond donors (Lipinski definition) is 2. The van der Waals surface area contributed by atoms with Gasteiger partial charge in [0.05, 0.1) is 0 Å². The van der Waals surface area contributed by atoms with Crippen molar-refractivity contribution in [1.29, 1.82) is 5.40 Å². The number of rotatable bonds is 0. The van der Waals surface area contributed by atoms with Crippen LogP contribution in [-0.4, -0.2) is 19.8 Å². The predicted octanol–water partition coefficient (Wildman–Crippen LogP) is 0.882. The van der Waals surface area contributed by atoms with Crippen LogP contribution in [0.15, 0.2) is 0 Å². The first kappa shape index (κ1) is 4.78. The maximum Gasteiger partial charge on any atom is 0.187 e. The van der Waals surface area contributed by atoms with Crippen LogP contribution in [0.1, 0.15) is 13.8 Å². The molecule has 0 unspecified atom stereocenters. The highest BCUT2D eigenvalue weighted by atomic mass is 14.7. The maximum absolute atomic E-state index is 6.42. The highest BCUT2D eigenvalue weighted by Gasteiger charge is 1.55. The van der Waals surface area contributed by atoms with Crippen LogP contribution in [-0.2, 0) is 0 Å². The van der Waals surface area contributed by atoms with Crippen molar-refractivity contribution in [3.63, 3.8) is 0 Å². The highest BCUT2D eigenvalue weighted by molar-refractivity contribution is 5.75. The minimum atomic E-state index is 0.796. The number of nitrogens with one attached hydrogen (secondary N) is 2. The molecule has 0 saturated carbocycles. The van der Waals surface area contributed by atoms with Crippen molar-refractivity contribution in [2.75, 3.05) is 14.1 Å². The SMILES string of the molecule is [2H]N(C)C.[2H]N=C(C)C. The zero-order chi connectivity index (χ0) is 7.86. The molecular weight excluding hydrogens is 88.1 g/mol. The fourth-order valence-corrected chi connectivity index (χ4v) is 0. The molecular formula is C5H14N2. The van der Waals surface area contributed by atoms with Crippen molar-refractivity contribution in [3.05, 3.63) is 0 Å². The molecule has 0 fully saturated rings. The van der Waals surface area contributed by atoms with Crippen LogP contribution in [0.2, 0.25) is 2.82 Å².